The van der Waals surface area contributed by atoms with Gasteiger partial charge in [0.05, 0.1) is 6.61 Å². The third-order valence-corrected chi connectivity index (χ3v) is 4.59. The molecule has 0 aliphatic carbocycles. The number of aliphatic hydroxyl groups is 1. The van der Waals surface area contributed by atoms with Gasteiger partial charge < -0.3 is 24.3 Å². The Balaban J connectivity index is 4.13. The maximum absolute atomic E-state index is 10.6. The molecule has 1 N–H and O–H groups in total. The second-order valence-electron chi connectivity index (χ2n) is 6.98. The van der Waals surface area contributed by atoms with Gasteiger partial charge in [0.1, 0.15) is 18.0 Å². The van der Waals surface area contributed by atoms with E-state index in [4.69, 9.17) is 9.47 Å². The Morgan fingerprint density at radius 2 is 1.78 bits per heavy atom. The number of carbonyl (C=O) groups excluding carboxylic acids is 1. The highest BCUT2D eigenvalue weighted by atomic mass is 16.5. The van der Waals surface area contributed by atoms with Crippen LogP contribution in [0.1, 0.15) is 52.9 Å². The quantitative estimate of drug-likeness (QED) is 0.391. The Morgan fingerprint density at radius 3 is 2.30 bits per heavy atom. The largest absolute Gasteiger partial charge is 0.385 e. The Labute approximate surface area is 142 Å². The van der Waals surface area contributed by atoms with Gasteiger partial charge >= 0.3 is 0 Å². The first-order valence-electron chi connectivity index (χ1n) is 8.69. The highest BCUT2D eigenvalue weighted by Crippen LogP contribution is 2.20. The summed E-state index contributed by atoms with van der Waals surface area (Å²) in [6, 6.07) is 0.0974. The zero-order valence-electron chi connectivity index (χ0n) is 15.9. The summed E-state index contributed by atoms with van der Waals surface area (Å²) in [7, 11) is 5.28. The summed E-state index contributed by atoms with van der Waals surface area (Å²) in [4.78, 5) is 12.8. The standard InChI is InChI=1S/C18H37NO4/c1-15(13-20)11-9-7-8-10-12-19(4)16(2)17(23-6)18(3,21)14-22-5/h13,15-17,21H,7-12,14H2,1-6H3/t15-,16-,17-,18-/m1/s1. The predicted octanol–water partition coefficient (Wildman–Crippen LogP) is 2.50. The number of aldehydes is 1. The molecule has 0 amide bonds. The van der Waals surface area contributed by atoms with Crippen molar-refractivity contribution >= 4 is 6.29 Å². The molecule has 0 rings (SSSR count). The molecule has 0 fully saturated rings. The lowest BCUT2D eigenvalue weighted by Crippen LogP contribution is -2.55. The lowest BCUT2D eigenvalue weighted by atomic mass is 9.93. The van der Waals surface area contributed by atoms with Crippen LogP contribution in [-0.4, -0.2) is 68.5 Å². The molecule has 0 saturated carbocycles. The summed E-state index contributed by atoms with van der Waals surface area (Å²) in [5, 5.41) is 10.5. The molecule has 5 heteroatoms. The number of hydrogen-bond acceptors (Lipinski definition) is 5. The second-order valence-corrected chi connectivity index (χ2v) is 6.98. The highest BCUT2D eigenvalue weighted by Gasteiger charge is 2.37. The molecule has 0 saturated heterocycles. The molecule has 0 spiro atoms. The third kappa shape index (κ3) is 8.80. The molecular formula is C18H37NO4. The fourth-order valence-corrected chi connectivity index (χ4v) is 3.03. The van der Waals surface area contributed by atoms with Gasteiger partial charge in [0.25, 0.3) is 0 Å². The molecule has 138 valence electrons. The van der Waals surface area contributed by atoms with Crippen LogP contribution < -0.4 is 0 Å². The van der Waals surface area contributed by atoms with Crippen molar-refractivity contribution in [3.8, 4) is 0 Å². The zero-order chi connectivity index (χ0) is 17.9. The van der Waals surface area contributed by atoms with Crippen LogP contribution >= 0.6 is 0 Å². The Hall–Kier alpha value is -0.490. The van der Waals surface area contributed by atoms with Crippen LogP contribution in [0.5, 0.6) is 0 Å². The Morgan fingerprint density at radius 1 is 1.17 bits per heavy atom. The average Bonchev–Trinajstić information content (AvgIpc) is 2.50. The minimum atomic E-state index is -1.01. The third-order valence-electron chi connectivity index (χ3n) is 4.59. The van der Waals surface area contributed by atoms with E-state index in [2.05, 4.69) is 18.9 Å². The lowest BCUT2D eigenvalue weighted by Gasteiger charge is -2.39. The van der Waals surface area contributed by atoms with Crippen LogP contribution in [0.25, 0.3) is 0 Å². The van der Waals surface area contributed by atoms with Gasteiger partial charge in [0.2, 0.25) is 0 Å². The fourth-order valence-electron chi connectivity index (χ4n) is 3.03. The van der Waals surface area contributed by atoms with Crippen molar-refractivity contribution in [2.75, 3.05) is 34.4 Å². The number of rotatable bonds is 14. The van der Waals surface area contributed by atoms with Gasteiger partial charge in [-0.2, -0.15) is 0 Å². The summed E-state index contributed by atoms with van der Waals surface area (Å²) in [5.74, 6) is 0.183. The van der Waals surface area contributed by atoms with Crippen molar-refractivity contribution in [1.29, 1.82) is 0 Å². The molecule has 5 nitrogen and oxygen atoms in total. The van der Waals surface area contributed by atoms with Gasteiger partial charge in [-0.1, -0.05) is 26.2 Å². The second kappa shape index (κ2) is 12.0. The number of ether oxygens (including phenoxy) is 2. The van der Waals surface area contributed by atoms with Crippen molar-refractivity contribution in [1.82, 2.24) is 4.90 Å². The van der Waals surface area contributed by atoms with Crippen LogP contribution in [-0.2, 0) is 14.3 Å². The highest BCUT2D eigenvalue weighted by molar-refractivity contribution is 5.52. The van der Waals surface area contributed by atoms with Gasteiger partial charge in [-0.15, -0.1) is 0 Å². The van der Waals surface area contributed by atoms with Crippen molar-refractivity contribution in [3.05, 3.63) is 0 Å². The van der Waals surface area contributed by atoms with E-state index >= 15 is 0 Å². The number of carbonyl (C=O) groups is 1. The summed E-state index contributed by atoms with van der Waals surface area (Å²) in [6.07, 6.45) is 6.26. The first-order valence-corrected chi connectivity index (χ1v) is 8.69. The molecule has 0 unspecified atom stereocenters. The van der Waals surface area contributed by atoms with Gasteiger partial charge in [-0.3, -0.25) is 0 Å². The van der Waals surface area contributed by atoms with Crippen molar-refractivity contribution < 1.29 is 19.4 Å². The topological polar surface area (TPSA) is 59.0 Å². The number of methoxy groups -OCH3 is 2. The molecular weight excluding hydrogens is 294 g/mol. The van der Waals surface area contributed by atoms with E-state index in [1.807, 2.05) is 6.92 Å². The van der Waals surface area contributed by atoms with E-state index in [0.29, 0.717) is 0 Å². The van der Waals surface area contributed by atoms with Gasteiger partial charge in [0, 0.05) is 26.2 Å². The summed E-state index contributed by atoms with van der Waals surface area (Å²) < 4.78 is 10.6. The van der Waals surface area contributed by atoms with Crippen LogP contribution in [0.4, 0.5) is 0 Å². The normalized spacial score (nSPS) is 18.4. The maximum atomic E-state index is 10.6. The predicted molar refractivity (Wildman–Crippen MR) is 93.7 cm³/mol. The maximum Gasteiger partial charge on any atom is 0.122 e. The van der Waals surface area contributed by atoms with Crippen LogP contribution in [0.15, 0.2) is 0 Å². The zero-order valence-corrected chi connectivity index (χ0v) is 15.9. The lowest BCUT2D eigenvalue weighted by molar-refractivity contribution is -0.138. The van der Waals surface area contributed by atoms with E-state index in [1.54, 1.807) is 21.1 Å². The monoisotopic (exact) mass is 331 g/mol. The summed E-state index contributed by atoms with van der Waals surface area (Å²) in [6.45, 7) is 7.01. The minimum Gasteiger partial charge on any atom is -0.385 e. The van der Waals surface area contributed by atoms with Crippen LogP contribution in [0, 0.1) is 5.92 Å². The Kier molecular flexibility index (Phi) is 11.7. The average molecular weight is 331 g/mol. The number of unbranched alkanes of at least 4 members (excludes halogenated alkanes) is 3. The molecule has 0 bridgehead atoms. The van der Waals surface area contributed by atoms with E-state index in [1.165, 1.54) is 0 Å². The molecule has 0 radical (unpaired) electrons. The molecule has 0 aromatic heterocycles. The van der Waals surface area contributed by atoms with Gasteiger partial charge in [0.15, 0.2) is 0 Å². The van der Waals surface area contributed by atoms with Crippen molar-refractivity contribution in [3.63, 3.8) is 0 Å². The number of nitrogens with zero attached hydrogens (tertiary/aromatic N) is 1. The minimum absolute atomic E-state index is 0.0974. The van der Waals surface area contributed by atoms with E-state index < -0.39 is 5.60 Å². The van der Waals surface area contributed by atoms with Crippen LogP contribution in [0.2, 0.25) is 0 Å². The van der Waals surface area contributed by atoms with Gasteiger partial charge in [-0.25, -0.2) is 0 Å². The van der Waals surface area contributed by atoms with Crippen molar-refractivity contribution in [2.24, 2.45) is 5.92 Å². The SMILES string of the molecule is COC[C@@](C)(O)[C@H](OC)[C@@H](C)N(C)CCCCCC[C@@H](C)C=O. The molecule has 0 heterocycles. The van der Waals surface area contributed by atoms with Crippen LogP contribution in [0.3, 0.4) is 0 Å². The molecule has 23 heavy (non-hydrogen) atoms. The van der Waals surface area contributed by atoms with E-state index in [9.17, 15) is 9.90 Å². The summed E-state index contributed by atoms with van der Waals surface area (Å²) in [5.41, 5.74) is -1.01. The molecule has 0 aliphatic rings. The molecule has 0 aliphatic heterocycles. The van der Waals surface area contributed by atoms with E-state index in [-0.39, 0.29) is 24.7 Å². The molecule has 0 aromatic carbocycles. The first-order chi connectivity index (χ1) is 10.8. The first kappa shape index (κ1) is 22.5. The number of hydrogen-bond donors (Lipinski definition) is 1. The number of likely N-dealkylation sites (N-methyl/N-ethyl adjacent to an activating group) is 1. The molecule has 4 atom stereocenters. The fraction of sp³-hybridized carbons (Fsp3) is 0.944. The smallest absolute Gasteiger partial charge is 0.122 e. The van der Waals surface area contributed by atoms with Gasteiger partial charge in [-0.05, 0) is 40.3 Å². The van der Waals surface area contributed by atoms with E-state index in [0.717, 1.165) is 44.9 Å². The summed E-state index contributed by atoms with van der Waals surface area (Å²) >= 11 is 0. The Bertz CT molecular complexity index is 309. The van der Waals surface area contributed by atoms with Crippen molar-refractivity contribution in [2.45, 2.75) is 70.6 Å². The molecule has 0 aromatic rings.